The molecule has 1 fully saturated rings. The third-order valence-electron chi connectivity index (χ3n) is 3.46. The highest BCUT2D eigenvalue weighted by Gasteiger charge is 2.18. The summed E-state index contributed by atoms with van der Waals surface area (Å²) >= 11 is 2.36. The van der Waals surface area contributed by atoms with E-state index in [0.717, 1.165) is 18.4 Å². The fourth-order valence-corrected chi connectivity index (χ4v) is 3.15. The number of hydrogen-bond acceptors (Lipinski definition) is 1. The Morgan fingerprint density at radius 1 is 1.38 bits per heavy atom. The highest BCUT2D eigenvalue weighted by molar-refractivity contribution is 14.1. The van der Waals surface area contributed by atoms with E-state index < -0.39 is 0 Å². The average molecular weight is 329 g/mol. The first-order valence-corrected chi connectivity index (χ1v) is 7.31. The largest absolute Gasteiger partial charge is 0.385 e. The molecule has 1 aromatic rings. The zero-order valence-corrected chi connectivity index (χ0v) is 12.0. The lowest BCUT2D eigenvalue weighted by atomic mass is 9.82. The molecule has 0 heterocycles. The zero-order chi connectivity index (χ0) is 11.4. The van der Waals surface area contributed by atoms with Crippen LogP contribution in [0.2, 0.25) is 0 Å². The molecule has 2 unspecified atom stereocenters. The summed E-state index contributed by atoms with van der Waals surface area (Å²) in [6.45, 7) is 3.53. The minimum absolute atomic E-state index is 0.876. The third kappa shape index (κ3) is 3.65. The predicted molar refractivity (Wildman–Crippen MR) is 78.8 cm³/mol. The molecule has 0 saturated heterocycles. The van der Waals surface area contributed by atoms with Crippen molar-refractivity contribution in [3.05, 3.63) is 27.8 Å². The SMILES string of the molecule is CC1CCCC(CNc2cccc(I)c2)C1. The van der Waals surface area contributed by atoms with Gasteiger partial charge in [0.25, 0.3) is 0 Å². The van der Waals surface area contributed by atoms with Gasteiger partial charge in [-0.05, 0) is 65.5 Å². The summed E-state index contributed by atoms with van der Waals surface area (Å²) < 4.78 is 1.31. The van der Waals surface area contributed by atoms with E-state index in [9.17, 15) is 0 Å². The van der Waals surface area contributed by atoms with Gasteiger partial charge in [-0.1, -0.05) is 25.8 Å². The smallest absolute Gasteiger partial charge is 0.0350 e. The maximum absolute atomic E-state index is 3.57. The highest BCUT2D eigenvalue weighted by atomic mass is 127. The van der Waals surface area contributed by atoms with Crippen molar-refractivity contribution in [3.8, 4) is 0 Å². The van der Waals surface area contributed by atoms with Crippen LogP contribution in [0.3, 0.4) is 0 Å². The van der Waals surface area contributed by atoms with E-state index in [1.807, 2.05) is 0 Å². The minimum atomic E-state index is 0.876. The van der Waals surface area contributed by atoms with Crippen molar-refractivity contribution < 1.29 is 0 Å². The van der Waals surface area contributed by atoms with Gasteiger partial charge in [0.2, 0.25) is 0 Å². The van der Waals surface area contributed by atoms with E-state index in [-0.39, 0.29) is 0 Å². The van der Waals surface area contributed by atoms with Gasteiger partial charge >= 0.3 is 0 Å². The fourth-order valence-electron chi connectivity index (χ4n) is 2.61. The number of hydrogen-bond donors (Lipinski definition) is 1. The molecule has 2 atom stereocenters. The van der Waals surface area contributed by atoms with Gasteiger partial charge < -0.3 is 5.32 Å². The van der Waals surface area contributed by atoms with Gasteiger partial charge in [-0.25, -0.2) is 0 Å². The molecule has 1 aliphatic carbocycles. The fraction of sp³-hybridized carbons (Fsp3) is 0.571. The minimum Gasteiger partial charge on any atom is -0.385 e. The van der Waals surface area contributed by atoms with Crippen LogP contribution in [0, 0.1) is 15.4 Å². The summed E-state index contributed by atoms with van der Waals surface area (Å²) in [5, 5.41) is 3.57. The van der Waals surface area contributed by atoms with Crippen LogP contribution in [0.15, 0.2) is 24.3 Å². The normalized spacial score (nSPS) is 25.4. The van der Waals surface area contributed by atoms with Crippen molar-refractivity contribution in [2.45, 2.75) is 32.6 Å². The summed E-state index contributed by atoms with van der Waals surface area (Å²) in [6, 6.07) is 8.63. The second-order valence-corrected chi connectivity index (χ2v) is 6.27. The van der Waals surface area contributed by atoms with Crippen molar-refractivity contribution in [2.75, 3.05) is 11.9 Å². The van der Waals surface area contributed by atoms with Gasteiger partial charge in [-0.2, -0.15) is 0 Å². The summed E-state index contributed by atoms with van der Waals surface area (Å²) in [6.07, 6.45) is 5.65. The van der Waals surface area contributed by atoms with Crippen LogP contribution >= 0.6 is 22.6 Å². The van der Waals surface area contributed by atoms with Crippen molar-refractivity contribution in [1.82, 2.24) is 0 Å². The Kier molecular flexibility index (Phi) is 4.50. The number of benzene rings is 1. The molecule has 1 aliphatic rings. The van der Waals surface area contributed by atoms with Gasteiger partial charge in [0.1, 0.15) is 0 Å². The molecular weight excluding hydrogens is 309 g/mol. The lowest BCUT2D eigenvalue weighted by Crippen LogP contribution is -2.20. The van der Waals surface area contributed by atoms with E-state index in [0.29, 0.717) is 0 Å². The Hall–Kier alpha value is -0.250. The van der Waals surface area contributed by atoms with Gasteiger partial charge in [0.15, 0.2) is 0 Å². The molecular formula is C14H20IN. The molecule has 2 heteroatoms. The molecule has 1 N–H and O–H groups in total. The van der Waals surface area contributed by atoms with Gasteiger partial charge in [0.05, 0.1) is 0 Å². The Bertz CT molecular complexity index is 337. The summed E-state index contributed by atoms with van der Waals surface area (Å²) in [4.78, 5) is 0. The van der Waals surface area contributed by atoms with Crippen LogP contribution in [-0.2, 0) is 0 Å². The van der Waals surface area contributed by atoms with Crippen molar-refractivity contribution in [1.29, 1.82) is 0 Å². The molecule has 88 valence electrons. The number of halogens is 1. The van der Waals surface area contributed by atoms with Crippen LogP contribution in [0.25, 0.3) is 0 Å². The lowest BCUT2D eigenvalue weighted by molar-refractivity contribution is 0.293. The second kappa shape index (κ2) is 5.89. The van der Waals surface area contributed by atoms with Gasteiger partial charge in [-0.15, -0.1) is 0 Å². The van der Waals surface area contributed by atoms with E-state index in [4.69, 9.17) is 0 Å². The molecule has 0 radical (unpaired) electrons. The molecule has 0 aliphatic heterocycles. The molecule has 0 spiro atoms. The summed E-state index contributed by atoms with van der Waals surface area (Å²) in [5.74, 6) is 1.80. The standard InChI is InChI=1S/C14H20IN/c1-11-4-2-5-12(8-11)10-16-14-7-3-6-13(15)9-14/h3,6-7,9,11-12,16H,2,4-5,8,10H2,1H3. The highest BCUT2D eigenvalue weighted by Crippen LogP contribution is 2.28. The van der Waals surface area contributed by atoms with Crippen molar-refractivity contribution in [2.24, 2.45) is 11.8 Å². The molecule has 0 aromatic heterocycles. The Morgan fingerprint density at radius 3 is 3.00 bits per heavy atom. The van der Waals surface area contributed by atoms with Gasteiger partial charge in [-0.3, -0.25) is 0 Å². The Morgan fingerprint density at radius 2 is 2.25 bits per heavy atom. The maximum atomic E-state index is 3.57. The topological polar surface area (TPSA) is 12.0 Å². The molecule has 0 bridgehead atoms. The number of anilines is 1. The lowest BCUT2D eigenvalue weighted by Gasteiger charge is -2.27. The summed E-state index contributed by atoms with van der Waals surface area (Å²) in [5.41, 5.74) is 1.27. The summed E-state index contributed by atoms with van der Waals surface area (Å²) in [7, 11) is 0. The first-order chi connectivity index (χ1) is 7.74. The second-order valence-electron chi connectivity index (χ2n) is 5.03. The van der Waals surface area contributed by atoms with Gasteiger partial charge in [0, 0.05) is 15.8 Å². The predicted octanol–water partition coefficient (Wildman–Crippen LogP) is 4.53. The zero-order valence-electron chi connectivity index (χ0n) is 9.88. The number of rotatable bonds is 3. The quantitative estimate of drug-likeness (QED) is 0.804. The van der Waals surface area contributed by atoms with E-state index in [1.165, 1.54) is 34.9 Å². The molecule has 2 rings (SSSR count). The Labute approximate surface area is 112 Å². The maximum Gasteiger partial charge on any atom is 0.0350 e. The van der Waals surface area contributed by atoms with Crippen LogP contribution in [0.1, 0.15) is 32.6 Å². The van der Waals surface area contributed by atoms with E-state index in [2.05, 4.69) is 59.1 Å². The van der Waals surface area contributed by atoms with E-state index in [1.54, 1.807) is 0 Å². The van der Waals surface area contributed by atoms with Crippen LogP contribution in [0.5, 0.6) is 0 Å². The third-order valence-corrected chi connectivity index (χ3v) is 4.14. The first-order valence-electron chi connectivity index (χ1n) is 6.23. The number of nitrogens with one attached hydrogen (secondary N) is 1. The van der Waals surface area contributed by atoms with Crippen molar-refractivity contribution in [3.63, 3.8) is 0 Å². The molecule has 0 amide bonds. The van der Waals surface area contributed by atoms with E-state index >= 15 is 0 Å². The monoisotopic (exact) mass is 329 g/mol. The molecule has 1 aromatic carbocycles. The van der Waals surface area contributed by atoms with Crippen LogP contribution in [-0.4, -0.2) is 6.54 Å². The molecule has 16 heavy (non-hydrogen) atoms. The van der Waals surface area contributed by atoms with Crippen molar-refractivity contribution >= 4 is 28.3 Å². The van der Waals surface area contributed by atoms with Crippen LogP contribution in [0.4, 0.5) is 5.69 Å². The molecule has 1 saturated carbocycles. The molecule has 1 nitrogen and oxygen atoms in total. The van der Waals surface area contributed by atoms with Crippen LogP contribution < -0.4 is 5.32 Å². The average Bonchev–Trinajstić information content (AvgIpc) is 2.27. The first kappa shape index (κ1) is 12.2. The Balaban J connectivity index is 1.82.